The van der Waals surface area contributed by atoms with Gasteiger partial charge in [-0.3, -0.25) is 0 Å². The van der Waals surface area contributed by atoms with Gasteiger partial charge >= 0.3 is 0 Å². The van der Waals surface area contributed by atoms with Crippen LogP contribution in [-0.4, -0.2) is 9.97 Å². The maximum absolute atomic E-state index is 13.4. The Balaban J connectivity index is 0.00000161. The summed E-state index contributed by atoms with van der Waals surface area (Å²) in [6, 6.07) is 11.3. The first-order valence-electron chi connectivity index (χ1n) is 5.77. The van der Waals surface area contributed by atoms with Gasteiger partial charge < -0.3 is 5.32 Å². The van der Waals surface area contributed by atoms with Crippen LogP contribution in [0.1, 0.15) is 0 Å². The van der Waals surface area contributed by atoms with Gasteiger partial charge in [-0.25, -0.2) is 9.37 Å². The molecule has 3 aromatic rings. The molecule has 0 saturated heterocycles. The van der Waals surface area contributed by atoms with Gasteiger partial charge in [-0.15, -0.1) is 12.4 Å². The second-order valence-corrected chi connectivity index (χ2v) is 4.91. The van der Waals surface area contributed by atoms with Crippen molar-refractivity contribution in [3.63, 3.8) is 0 Å². The van der Waals surface area contributed by atoms with E-state index in [4.69, 9.17) is 23.2 Å². The Bertz CT molecular complexity index is 778. The van der Waals surface area contributed by atoms with Crippen LogP contribution >= 0.6 is 35.6 Å². The third-order valence-corrected chi connectivity index (χ3v) is 3.16. The highest BCUT2D eigenvalue weighted by molar-refractivity contribution is 6.30. The third-order valence-electron chi connectivity index (χ3n) is 2.74. The first kappa shape index (κ1) is 15.8. The average molecular weight is 345 g/mol. The van der Waals surface area contributed by atoms with Crippen LogP contribution in [0.4, 0.5) is 15.9 Å². The Kier molecular flexibility index (Phi) is 4.83. The molecule has 1 N–H and O–H groups in total. The van der Waals surface area contributed by atoms with Gasteiger partial charge in [0, 0.05) is 16.1 Å². The van der Waals surface area contributed by atoms with Crippen LogP contribution in [0.15, 0.2) is 42.5 Å². The predicted octanol–water partition coefficient (Wildman–Crippen LogP) is 5.24. The average Bonchev–Trinajstić information content (AvgIpc) is 2.42. The van der Waals surface area contributed by atoms with Crippen molar-refractivity contribution in [2.75, 3.05) is 5.32 Å². The van der Waals surface area contributed by atoms with Gasteiger partial charge in [-0.2, -0.15) is 4.98 Å². The Hall–Kier alpha value is -1.62. The number of benzene rings is 2. The van der Waals surface area contributed by atoms with E-state index in [1.54, 1.807) is 30.3 Å². The van der Waals surface area contributed by atoms with Crippen molar-refractivity contribution >= 4 is 58.0 Å². The van der Waals surface area contributed by atoms with Crippen LogP contribution in [-0.2, 0) is 0 Å². The molecule has 0 atom stereocenters. The van der Waals surface area contributed by atoms with E-state index < -0.39 is 0 Å². The lowest BCUT2D eigenvalue weighted by Gasteiger charge is -2.09. The summed E-state index contributed by atoms with van der Waals surface area (Å²) in [5.74, 6) is 0.0874. The minimum atomic E-state index is -0.359. The summed E-state index contributed by atoms with van der Waals surface area (Å²) in [5.41, 5.74) is 1.34. The molecule has 1 aromatic heterocycles. The molecule has 2 aromatic carbocycles. The SMILES string of the molecule is Cl.Fc1ccc2nc(Cl)nc(Nc3ccc(Cl)cc3)c2c1. The smallest absolute Gasteiger partial charge is 0.224 e. The van der Waals surface area contributed by atoms with Gasteiger partial charge in [0.15, 0.2) is 0 Å². The number of nitrogens with zero attached hydrogens (tertiary/aromatic N) is 2. The molecule has 0 spiro atoms. The van der Waals surface area contributed by atoms with Crippen LogP contribution < -0.4 is 5.32 Å². The summed E-state index contributed by atoms with van der Waals surface area (Å²) in [7, 11) is 0. The number of rotatable bonds is 2. The zero-order chi connectivity index (χ0) is 14.1. The van der Waals surface area contributed by atoms with Crippen LogP contribution in [0.5, 0.6) is 0 Å². The standard InChI is InChI=1S/C14H8Cl2FN3.ClH/c15-8-1-4-10(5-2-8)18-13-11-7-9(17)3-6-12(11)19-14(16)20-13;/h1-7H,(H,18,19,20);1H. The van der Waals surface area contributed by atoms with E-state index in [0.29, 0.717) is 21.7 Å². The van der Waals surface area contributed by atoms with E-state index in [-0.39, 0.29) is 23.5 Å². The van der Waals surface area contributed by atoms with Gasteiger partial charge in [-0.1, -0.05) is 11.6 Å². The van der Waals surface area contributed by atoms with Crippen molar-refractivity contribution < 1.29 is 4.39 Å². The number of hydrogen-bond acceptors (Lipinski definition) is 3. The van der Waals surface area contributed by atoms with Crippen molar-refractivity contribution in [2.24, 2.45) is 0 Å². The number of fused-ring (bicyclic) bond motifs is 1. The summed E-state index contributed by atoms with van der Waals surface area (Å²) < 4.78 is 13.4. The van der Waals surface area contributed by atoms with E-state index in [1.165, 1.54) is 12.1 Å². The molecule has 0 amide bonds. The normalized spacial score (nSPS) is 10.2. The first-order chi connectivity index (χ1) is 9.61. The first-order valence-corrected chi connectivity index (χ1v) is 6.53. The van der Waals surface area contributed by atoms with Crippen LogP contribution in [0.25, 0.3) is 10.9 Å². The molecule has 0 saturated carbocycles. The molecule has 0 fully saturated rings. The summed E-state index contributed by atoms with van der Waals surface area (Å²) in [6.07, 6.45) is 0. The Morgan fingerprint density at radius 2 is 1.67 bits per heavy atom. The molecule has 0 aliphatic heterocycles. The Labute approximate surface area is 136 Å². The Morgan fingerprint density at radius 1 is 0.952 bits per heavy atom. The molecular weight excluding hydrogens is 336 g/mol. The maximum atomic E-state index is 13.4. The van der Waals surface area contributed by atoms with Gasteiger partial charge in [-0.05, 0) is 54.1 Å². The minimum Gasteiger partial charge on any atom is -0.340 e. The van der Waals surface area contributed by atoms with E-state index in [2.05, 4.69) is 15.3 Å². The molecule has 7 heteroatoms. The van der Waals surface area contributed by atoms with Gasteiger partial charge in [0.2, 0.25) is 5.28 Å². The lowest BCUT2D eigenvalue weighted by Crippen LogP contribution is -1.97. The summed E-state index contributed by atoms with van der Waals surface area (Å²) in [6.45, 7) is 0. The lowest BCUT2D eigenvalue weighted by molar-refractivity contribution is 0.629. The van der Waals surface area contributed by atoms with E-state index in [1.807, 2.05) is 0 Å². The van der Waals surface area contributed by atoms with Crippen LogP contribution in [0.2, 0.25) is 10.3 Å². The van der Waals surface area contributed by atoms with Gasteiger partial charge in [0.1, 0.15) is 11.6 Å². The molecule has 0 radical (unpaired) electrons. The van der Waals surface area contributed by atoms with E-state index in [0.717, 1.165) is 5.69 Å². The largest absolute Gasteiger partial charge is 0.340 e. The topological polar surface area (TPSA) is 37.8 Å². The highest BCUT2D eigenvalue weighted by Gasteiger charge is 2.08. The summed E-state index contributed by atoms with van der Waals surface area (Å²) >= 11 is 11.7. The van der Waals surface area contributed by atoms with Crippen molar-refractivity contribution in [2.45, 2.75) is 0 Å². The highest BCUT2D eigenvalue weighted by atomic mass is 35.5. The lowest BCUT2D eigenvalue weighted by atomic mass is 10.2. The molecule has 3 rings (SSSR count). The fraction of sp³-hybridized carbons (Fsp3) is 0. The molecule has 21 heavy (non-hydrogen) atoms. The van der Waals surface area contributed by atoms with Gasteiger partial charge in [0.25, 0.3) is 0 Å². The zero-order valence-electron chi connectivity index (χ0n) is 10.5. The monoisotopic (exact) mass is 343 g/mol. The zero-order valence-corrected chi connectivity index (χ0v) is 12.8. The fourth-order valence-electron chi connectivity index (χ4n) is 1.84. The molecule has 108 valence electrons. The number of hydrogen-bond donors (Lipinski definition) is 1. The molecule has 0 aliphatic carbocycles. The molecular formula is C14H9Cl3FN3. The second-order valence-electron chi connectivity index (χ2n) is 4.13. The third kappa shape index (κ3) is 3.53. The number of nitrogens with one attached hydrogen (secondary N) is 1. The number of aromatic nitrogens is 2. The number of anilines is 2. The van der Waals surface area contributed by atoms with Crippen molar-refractivity contribution in [3.05, 3.63) is 58.6 Å². The minimum absolute atomic E-state index is 0. The second kappa shape index (κ2) is 6.43. The van der Waals surface area contributed by atoms with Crippen molar-refractivity contribution in [1.82, 2.24) is 9.97 Å². The quantitative estimate of drug-likeness (QED) is 0.646. The molecule has 0 aliphatic rings. The van der Waals surface area contributed by atoms with Crippen LogP contribution in [0.3, 0.4) is 0 Å². The van der Waals surface area contributed by atoms with Crippen LogP contribution in [0, 0.1) is 5.82 Å². The van der Waals surface area contributed by atoms with Gasteiger partial charge in [0.05, 0.1) is 5.52 Å². The summed E-state index contributed by atoms with van der Waals surface area (Å²) in [5, 5.41) is 4.37. The van der Waals surface area contributed by atoms with Crippen molar-refractivity contribution in [3.8, 4) is 0 Å². The maximum Gasteiger partial charge on any atom is 0.224 e. The number of halogens is 4. The molecule has 1 heterocycles. The van der Waals surface area contributed by atoms with E-state index in [9.17, 15) is 4.39 Å². The fourth-order valence-corrected chi connectivity index (χ4v) is 2.14. The Morgan fingerprint density at radius 3 is 2.38 bits per heavy atom. The summed E-state index contributed by atoms with van der Waals surface area (Å²) in [4.78, 5) is 8.16. The van der Waals surface area contributed by atoms with E-state index >= 15 is 0 Å². The predicted molar refractivity (Wildman–Crippen MR) is 86.5 cm³/mol. The van der Waals surface area contributed by atoms with Crippen molar-refractivity contribution in [1.29, 1.82) is 0 Å². The molecule has 3 nitrogen and oxygen atoms in total. The molecule has 0 unspecified atom stereocenters. The molecule has 0 bridgehead atoms. The highest BCUT2D eigenvalue weighted by Crippen LogP contribution is 2.26.